The van der Waals surface area contributed by atoms with E-state index in [1.807, 2.05) is 0 Å². The molecule has 0 aliphatic heterocycles. The highest BCUT2D eigenvalue weighted by Crippen LogP contribution is 2.60. The number of alkyl halides is 13. The fourth-order valence-electron chi connectivity index (χ4n) is 2.02. The molecule has 33 heavy (non-hydrogen) atoms. The standard InChI is InChI=1S/C14H16F13NO5/c15-9(16,2-1-7(32)28-3-5(30)8(33)6(31)4-29)10(17,18)11(19,20)12(21,22)13(23,24)14(25,26)27/h5-6,8,29-31,33H,1-4H2,(H,28,32)/t5-,6+,8+/m0/s1. The van der Waals surface area contributed by atoms with Crippen molar-refractivity contribution >= 4 is 5.91 Å². The summed E-state index contributed by atoms with van der Waals surface area (Å²) in [6.45, 7) is -2.20. The topological polar surface area (TPSA) is 110 Å². The van der Waals surface area contributed by atoms with Gasteiger partial charge in [-0.25, -0.2) is 0 Å². The van der Waals surface area contributed by atoms with Gasteiger partial charge in [-0.15, -0.1) is 0 Å². The summed E-state index contributed by atoms with van der Waals surface area (Å²) in [5, 5.41) is 37.5. The predicted octanol–water partition coefficient (Wildman–Crippen LogP) is 1.70. The number of carbonyl (C=O) groups excluding carboxylic acids is 1. The fraction of sp³-hybridized carbons (Fsp3) is 0.929. The molecule has 0 saturated heterocycles. The molecule has 5 N–H and O–H groups in total. The zero-order valence-electron chi connectivity index (χ0n) is 15.7. The van der Waals surface area contributed by atoms with Gasteiger partial charge in [0.1, 0.15) is 12.2 Å². The molecule has 0 aliphatic rings. The first-order valence-corrected chi connectivity index (χ1v) is 8.30. The molecule has 0 fully saturated rings. The molecule has 0 heterocycles. The molecule has 0 saturated carbocycles. The van der Waals surface area contributed by atoms with Gasteiger partial charge in [-0.1, -0.05) is 0 Å². The molecule has 0 unspecified atom stereocenters. The minimum Gasteiger partial charge on any atom is -0.394 e. The summed E-state index contributed by atoms with van der Waals surface area (Å²) in [5.41, 5.74) is 0. The highest BCUT2D eigenvalue weighted by Gasteiger charge is 2.90. The Labute approximate surface area is 175 Å². The third-order valence-corrected chi connectivity index (χ3v) is 4.15. The molecule has 0 radical (unpaired) electrons. The first kappa shape index (κ1) is 31.4. The number of hydrogen-bond acceptors (Lipinski definition) is 5. The van der Waals surface area contributed by atoms with E-state index in [0.29, 0.717) is 0 Å². The maximum absolute atomic E-state index is 13.5. The van der Waals surface area contributed by atoms with Crippen molar-refractivity contribution in [2.24, 2.45) is 0 Å². The summed E-state index contributed by atoms with van der Waals surface area (Å²) in [6.07, 6.45) is -18.4. The molecule has 0 aromatic carbocycles. The van der Waals surface area contributed by atoms with Crippen LogP contribution in [0.5, 0.6) is 0 Å². The van der Waals surface area contributed by atoms with Crippen LogP contribution >= 0.6 is 0 Å². The van der Waals surface area contributed by atoms with E-state index in [1.54, 1.807) is 0 Å². The predicted molar refractivity (Wildman–Crippen MR) is 78.1 cm³/mol. The smallest absolute Gasteiger partial charge is 0.394 e. The Kier molecular flexibility index (Phi) is 9.46. The van der Waals surface area contributed by atoms with Crippen LogP contribution in [0.1, 0.15) is 12.8 Å². The number of rotatable bonds is 12. The van der Waals surface area contributed by atoms with Crippen LogP contribution in [0.15, 0.2) is 0 Å². The van der Waals surface area contributed by atoms with Crippen LogP contribution in [0.2, 0.25) is 0 Å². The number of nitrogens with one attached hydrogen (secondary N) is 1. The van der Waals surface area contributed by atoms with Crippen LogP contribution in [0.4, 0.5) is 57.1 Å². The van der Waals surface area contributed by atoms with E-state index in [9.17, 15) is 72.1 Å². The zero-order valence-corrected chi connectivity index (χ0v) is 15.7. The maximum atomic E-state index is 13.5. The quantitative estimate of drug-likeness (QED) is 0.250. The molecule has 3 atom stereocenters. The van der Waals surface area contributed by atoms with Crippen LogP contribution in [0, 0.1) is 0 Å². The molecule has 0 bridgehead atoms. The monoisotopic (exact) mass is 525 g/mol. The maximum Gasteiger partial charge on any atom is 0.460 e. The van der Waals surface area contributed by atoms with Gasteiger partial charge < -0.3 is 25.7 Å². The van der Waals surface area contributed by atoms with Crippen molar-refractivity contribution < 1.29 is 82.3 Å². The summed E-state index contributed by atoms with van der Waals surface area (Å²) in [6, 6.07) is 0. The van der Waals surface area contributed by atoms with E-state index in [-0.39, 0.29) is 0 Å². The van der Waals surface area contributed by atoms with Crippen LogP contribution in [0.3, 0.4) is 0 Å². The van der Waals surface area contributed by atoms with Gasteiger partial charge in [0.05, 0.1) is 12.7 Å². The Morgan fingerprint density at radius 1 is 0.697 bits per heavy atom. The molecule has 6 nitrogen and oxygen atoms in total. The number of hydrogen-bond donors (Lipinski definition) is 5. The molecule has 19 heteroatoms. The molecular weight excluding hydrogens is 509 g/mol. The lowest BCUT2D eigenvalue weighted by Gasteiger charge is -2.39. The number of aliphatic hydroxyl groups is 4. The lowest BCUT2D eigenvalue weighted by atomic mass is 9.92. The number of carbonyl (C=O) groups is 1. The van der Waals surface area contributed by atoms with E-state index in [1.165, 1.54) is 5.32 Å². The SMILES string of the molecule is O=C(CCC(F)(F)C(F)(F)C(F)(F)C(F)(F)C(F)(F)C(F)(F)F)NC[C@H](O)[C@@H](O)[C@H](O)CO. The molecular formula is C14H16F13NO5. The third kappa shape index (κ3) is 5.91. The van der Waals surface area contributed by atoms with Crippen LogP contribution in [0.25, 0.3) is 0 Å². The minimum atomic E-state index is -8.04. The van der Waals surface area contributed by atoms with Crippen molar-refractivity contribution in [2.45, 2.75) is 66.9 Å². The normalized spacial score (nSPS) is 17.5. The Morgan fingerprint density at radius 3 is 1.52 bits per heavy atom. The van der Waals surface area contributed by atoms with Gasteiger partial charge >= 0.3 is 35.8 Å². The summed E-state index contributed by atoms with van der Waals surface area (Å²) in [7, 11) is 0. The molecule has 0 aromatic heterocycles. The van der Waals surface area contributed by atoms with Crippen molar-refractivity contribution in [1.82, 2.24) is 5.32 Å². The van der Waals surface area contributed by atoms with Gasteiger partial charge in [-0.3, -0.25) is 4.79 Å². The third-order valence-electron chi connectivity index (χ3n) is 4.15. The van der Waals surface area contributed by atoms with E-state index < -0.39 is 86.0 Å². The van der Waals surface area contributed by atoms with Crippen molar-refractivity contribution in [2.75, 3.05) is 13.2 Å². The van der Waals surface area contributed by atoms with Crippen molar-refractivity contribution in [3.63, 3.8) is 0 Å². The Hall–Kier alpha value is -1.60. The fourth-order valence-corrected chi connectivity index (χ4v) is 2.02. The second-order valence-corrected chi connectivity index (χ2v) is 6.61. The van der Waals surface area contributed by atoms with Gasteiger partial charge in [-0.2, -0.15) is 57.1 Å². The zero-order chi connectivity index (χ0) is 26.8. The van der Waals surface area contributed by atoms with Crippen LogP contribution in [-0.2, 0) is 4.79 Å². The second-order valence-electron chi connectivity index (χ2n) is 6.61. The molecule has 198 valence electrons. The first-order chi connectivity index (χ1) is 14.4. The van der Waals surface area contributed by atoms with Crippen LogP contribution < -0.4 is 5.32 Å². The van der Waals surface area contributed by atoms with Crippen molar-refractivity contribution in [1.29, 1.82) is 0 Å². The van der Waals surface area contributed by atoms with Crippen LogP contribution in [-0.4, -0.2) is 93.6 Å². The average Bonchev–Trinajstić information content (AvgIpc) is 2.67. The Balaban J connectivity index is 5.46. The second kappa shape index (κ2) is 9.95. The molecule has 0 aliphatic carbocycles. The van der Waals surface area contributed by atoms with Crippen molar-refractivity contribution in [3.05, 3.63) is 0 Å². The van der Waals surface area contributed by atoms with E-state index >= 15 is 0 Å². The van der Waals surface area contributed by atoms with Gasteiger partial charge in [-0.05, 0) is 0 Å². The summed E-state index contributed by atoms with van der Waals surface area (Å²) in [4.78, 5) is 11.3. The van der Waals surface area contributed by atoms with Gasteiger partial charge in [0, 0.05) is 19.4 Å². The lowest BCUT2D eigenvalue weighted by Crippen LogP contribution is -2.70. The summed E-state index contributed by atoms with van der Waals surface area (Å²) < 4.78 is 168. The first-order valence-electron chi connectivity index (χ1n) is 8.30. The van der Waals surface area contributed by atoms with Crippen molar-refractivity contribution in [3.8, 4) is 0 Å². The Morgan fingerprint density at radius 2 is 1.12 bits per heavy atom. The number of amides is 1. The average molecular weight is 525 g/mol. The van der Waals surface area contributed by atoms with E-state index in [0.717, 1.165) is 0 Å². The highest BCUT2D eigenvalue weighted by molar-refractivity contribution is 5.75. The van der Waals surface area contributed by atoms with Gasteiger partial charge in [0.25, 0.3) is 0 Å². The Bertz CT molecular complexity index is 670. The largest absolute Gasteiger partial charge is 0.460 e. The molecule has 0 aromatic rings. The molecule has 1 amide bonds. The van der Waals surface area contributed by atoms with E-state index in [4.69, 9.17) is 10.2 Å². The lowest BCUT2D eigenvalue weighted by molar-refractivity contribution is -0.440. The highest BCUT2D eigenvalue weighted by atomic mass is 19.4. The van der Waals surface area contributed by atoms with Gasteiger partial charge in [0.2, 0.25) is 5.91 Å². The van der Waals surface area contributed by atoms with Gasteiger partial charge in [0.15, 0.2) is 0 Å². The molecule has 0 rings (SSSR count). The summed E-state index contributed by atoms with van der Waals surface area (Å²) >= 11 is 0. The minimum absolute atomic E-state index is 1.10. The number of aliphatic hydroxyl groups excluding tert-OH is 4. The molecule has 0 spiro atoms. The summed E-state index contributed by atoms with van der Waals surface area (Å²) in [5.74, 6) is -39.6. The van der Waals surface area contributed by atoms with E-state index in [2.05, 4.69) is 0 Å². The number of halogens is 13.